The lowest BCUT2D eigenvalue weighted by Gasteiger charge is -2.14. The van der Waals surface area contributed by atoms with Crippen molar-refractivity contribution in [1.29, 1.82) is 0 Å². The number of nitrogens with two attached hydrogens (primary N) is 1. The quantitative estimate of drug-likeness (QED) is 0.730. The molecule has 0 aliphatic heterocycles. The van der Waals surface area contributed by atoms with Crippen LogP contribution in [0.5, 0.6) is 0 Å². The van der Waals surface area contributed by atoms with Gasteiger partial charge in [0.1, 0.15) is 0 Å². The molecule has 1 atom stereocenters. The maximum Gasteiger partial charge on any atom is 0.0702 e. The molecule has 0 saturated carbocycles. The van der Waals surface area contributed by atoms with E-state index < -0.39 is 0 Å². The lowest BCUT2D eigenvalue weighted by molar-refractivity contribution is 0.867. The van der Waals surface area contributed by atoms with Crippen LogP contribution in [0.3, 0.4) is 0 Å². The predicted molar refractivity (Wildman–Crippen MR) is 86.9 cm³/mol. The Morgan fingerprint density at radius 3 is 2.70 bits per heavy atom. The fourth-order valence-electron chi connectivity index (χ4n) is 2.19. The van der Waals surface area contributed by atoms with Gasteiger partial charge < -0.3 is 5.73 Å². The van der Waals surface area contributed by atoms with Gasteiger partial charge in [0.2, 0.25) is 0 Å². The average molecular weight is 348 g/mol. The van der Waals surface area contributed by atoms with E-state index in [4.69, 9.17) is 17.3 Å². The number of rotatable bonds is 2. The van der Waals surface area contributed by atoms with Gasteiger partial charge in [-0.2, -0.15) is 0 Å². The molecule has 2 nitrogen and oxygen atoms in total. The maximum atomic E-state index is 6.32. The fourth-order valence-corrected chi connectivity index (χ4v) is 2.98. The van der Waals surface area contributed by atoms with E-state index in [9.17, 15) is 0 Å². The van der Waals surface area contributed by atoms with E-state index in [2.05, 4.69) is 27.0 Å². The molecule has 3 aromatic rings. The lowest BCUT2D eigenvalue weighted by atomic mass is 10.00. The minimum absolute atomic E-state index is 0.285. The third-order valence-corrected chi connectivity index (χ3v) is 4.09. The monoisotopic (exact) mass is 346 g/mol. The highest BCUT2D eigenvalue weighted by atomic mass is 79.9. The molecule has 20 heavy (non-hydrogen) atoms. The Kier molecular flexibility index (Phi) is 3.74. The molecule has 1 unspecified atom stereocenters. The van der Waals surface area contributed by atoms with E-state index >= 15 is 0 Å². The summed E-state index contributed by atoms with van der Waals surface area (Å²) < 4.78 is 0.940. The molecule has 0 saturated heterocycles. The van der Waals surface area contributed by atoms with E-state index in [0.29, 0.717) is 5.02 Å². The third kappa shape index (κ3) is 2.57. The number of nitrogens with zero attached hydrogens (tertiary/aromatic N) is 1. The third-order valence-electron chi connectivity index (χ3n) is 3.27. The minimum Gasteiger partial charge on any atom is -0.320 e. The fraction of sp³-hybridized carbons (Fsp3) is 0.0625. The molecule has 3 rings (SSSR count). The second-order valence-electron chi connectivity index (χ2n) is 4.60. The lowest BCUT2D eigenvalue weighted by Crippen LogP contribution is -2.12. The molecule has 0 bridgehead atoms. The van der Waals surface area contributed by atoms with Crippen LogP contribution in [0.25, 0.3) is 10.9 Å². The molecule has 2 aromatic carbocycles. The minimum atomic E-state index is -0.285. The van der Waals surface area contributed by atoms with Crippen LogP contribution in [0, 0.1) is 0 Å². The summed E-state index contributed by atoms with van der Waals surface area (Å²) in [7, 11) is 0. The van der Waals surface area contributed by atoms with Crippen molar-refractivity contribution in [2.75, 3.05) is 0 Å². The van der Waals surface area contributed by atoms with Crippen LogP contribution in [0.4, 0.5) is 0 Å². The van der Waals surface area contributed by atoms with Crippen LogP contribution in [0.2, 0.25) is 5.02 Å². The normalized spacial score (nSPS) is 12.6. The van der Waals surface area contributed by atoms with E-state index in [-0.39, 0.29) is 6.04 Å². The van der Waals surface area contributed by atoms with Crippen molar-refractivity contribution in [3.8, 4) is 0 Å². The van der Waals surface area contributed by atoms with Gasteiger partial charge in [-0.15, -0.1) is 0 Å². The Bertz CT molecular complexity index is 773. The number of halogens is 2. The van der Waals surface area contributed by atoms with Crippen LogP contribution < -0.4 is 5.73 Å². The predicted octanol–water partition coefficient (Wildman–Crippen LogP) is 4.70. The van der Waals surface area contributed by atoms with Crippen LogP contribution in [-0.2, 0) is 0 Å². The molecular formula is C16H12BrClN2. The first-order valence-electron chi connectivity index (χ1n) is 6.20. The van der Waals surface area contributed by atoms with Gasteiger partial charge in [0.05, 0.1) is 11.6 Å². The molecule has 0 spiro atoms. The highest BCUT2D eigenvalue weighted by molar-refractivity contribution is 9.10. The second kappa shape index (κ2) is 5.52. The van der Waals surface area contributed by atoms with Gasteiger partial charge in [0.25, 0.3) is 0 Å². The number of fused-ring (bicyclic) bond motifs is 1. The summed E-state index contributed by atoms with van der Waals surface area (Å²) in [5.41, 5.74) is 9.13. The first kappa shape index (κ1) is 13.6. The molecule has 0 fully saturated rings. The van der Waals surface area contributed by atoms with Crippen LogP contribution >= 0.6 is 27.5 Å². The Morgan fingerprint density at radius 1 is 1.10 bits per heavy atom. The van der Waals surface area contributed by atoms with Gasteiger partial charge in [0, 0.05) is 21.1 Å². The average Bonchev–Trinajstić information content (AvgIpc) is 2.46. The number of benzene rings is 2. The van der Waals surface area contributed by atoms with Gasteiger partial charge in [-0.05, 0) is 35.4 Å². The van der Waals surface area contributed by atoms with Crippen molar-refractivity contribution in [2.24, 2.45) is 5.73 Å². The van der Waals surface area contributed by atoms with Gasteiger partial charge in [-0.25, -0.2) is 0 Å². The number of hydrogen-bond donors (Lipinski definition) is 1. The summed E-state index contributed by atoms with van der Waals surface area (Å²) >= 11 is 9.66. The zero-order chi connectivity index (χ0) is 14.1. The van der Waals surface area contributed by atoms with E-state index in [1.54, 1.807) is 0 Å². The molecule has 0 aliphatic rings. The van der Waals surface area contributed by atoms with Crippen LogP contribution in [-0.4, -0.2) is 4.98 Å². The van der Waals surface area contributed by atoms with Gasteiger partial charge in [0.15, 0.2) is 0 Å². The number of hydrogen-bond acceptors (Lipinski definition) is 2. The Morgan fingerprint density at radius 2 is 1.90 bits per heavy atom. The van der Waals surface area contributed by atoms with Gasteiger partial charge >= 0.3 is 0 Å². The second-order valence-corrected chi connectivity index (χ2v) is 5.93. The number of para-hydroxylation sites is 1. The highest BCUT2D eigenvalue weighted by Crippen LogP contribution is 2.29. The molecular weight excluding hydrogens is 336 g/mol. The topological polar surface area (TPSA) is 38.9 Å². The molecule has 1 aromatic heterocycles. The van der Waals surface area contributed by atoms with Gasteiger partial charge in [-0.1, -0.05) is 51.8 Å². The highest BCUT2D eigenvalue weighted by Gasteiger charge is 2.13. The Balaban J connectivity index is 2.05. The molecule has 0 amide bonds. The van der Waals surface area contributed by atoms with Crippen LogP contribution in [0.1, 0.15) is 17.2 Å². The summed E-state index contributed by atoms with van der Waals surface area (Å²) in [6.07, 6.45) is 1.81. The maximum absolute atomic E-state index is 6.32. The number of pyridine rings is 1. The molecule has 100 valence electrons. The zero-order valence-electron chi connectivity index (χ0n) is 10.6. The number of aromatic nitrogens is 1. The summed E-state index contributed by atoms with van der Waals surface area (Å²) in [6.45, 7) is 0. The van der Waals surface area contributed by atoms with Crippen molar-refractivity contribution in [1.82, 2.24) is 4.98 Å². The summed E-state index contributed by atoms with van der Waals surface area (Å²) in [4.78, 5) is 4.44. The smallest absolute Gasteiger partial charge is 0.0702 e. The molecule has 1 heterocycles. The van der Waals surface area contributed by atoms with E-state index in [1.807, 2.05) is 48.7 Å². The SMILES string of the molecule is NC(c1cnc2ccccc2c1)c1ccc(Br)cc1Cl. The van der Waals surface area contributed by atoms with E-state index in [1.165, 1.54) is 0 Å². The summed E-state index contributed by atoms with van der Waals surface area (Å²) in [6, 6.07) is 15.5. The zero-order valence-corrected chi connectivity index (χ0v) is 12.9. The summed E-state index contributed by atoms with van der Waals surface area (Å²) in [5.74, 6) is 0. The first-order valence-corrected chi connectivity index (χ1v) is 7.37. The van der Waals surface area contributed by atoms with Crippen LogP contribution in [0.15, 0.2) is 59.2 Å². The molecule has 4 heteroatoms. The van der Waals surface area contributed by atoms with E-state index in [0.717, 1.165) is 26.5 Å². The van der Waals surface area contributed by atoms with Crippen molar-refractivity contribution >= 4 is 38.4 Å². The summed E-state index contributed by atoms with van der Waals surface area (Å²) in [5, 5.41) is 1.73. The van der Waals surface area contributed by atoms with Crippen molar-refractivity contribution in [2.45, 2.75) is 6.04 Å². The molecule has 0 radical (unpaired) electrons. The first-order chi connectivity index (χ1) is 9.65. The van der Waals surface area contributed by atoms with Crippen molar-refractivity contribution < 1.29 is 0 Å². The van der Waals surface area contributed by atoms with Crippen molar-refractivity contribution in [3.05, 3.63) is 75.4 Å². The largest absolute Gasteiger partial charge is 0.320 e. The molecule has 0 aliphatic carbocycles. The molecule has 2 N–H and O–H groups in total. The van der Waals surface area contributed by atoms with Gasteiger partial charge in [-0.3, -0.25) is 4.98 Å². The Labute approximate surface area is 130 Å². The van der Waals surface area contributed by atoms with Crippen molar-refractivity contribution in [3.63, 3.8) is 0 Å². The Hall–Kier alpha value is -1.42. The standard InChI is InChI=1S/C16H12BrClN2/c17-12-5-6-13(14(18)8-12)16(19)11-7-10-3-1-2-4-15(10)20-9-11/h1-9,16H,19H2.